The van der Waals surface area contributed by atoms with E-state index in [4.69, 9.17) is 4.52 Å². The van der Waals surface area contributed by atoms with Crippen molar-refractivity contribution in [1.29, 1.82) is 0 Å². The van der Waals surface area contributed by atoms with Gasteiger partial charge in [-0.25, -0.2) is 4.79 Å². The smallest absolute Gasteiger partial charge is 0.315 e. The fourth-order valence-electron chi connectivity index (χ4n) is 3.94. The van der Waals surface area contributed by atoms with Gasteiger partial charge in [0.2, 0.25) is 5.89 Å². The monoisotopic (exact) mass is 340 g/mol. The zero-order valence-corrected chi connectivity index (χ0v) is 14.5. The Labute approximate surface area is 147 Å². The number of hydrogen-bond donors (Lipinski definition) is 2. The second-order valence-corrected chi connectivity index (χ2v) is 7.27. The molecule has 1 aromatic heterocycles. The van der Waals surface area contributed by atoms with Gasteiger partial charge in [0.05, 0.1) is 0 Å². The molecule has 0 aliphatic heterocycles. The van der Waals surface area contributed by atoms with E-state index >= 15 is 0 Å². The Kier molecular flexibility index (Phi) is 4.19. The number of nitrogens with one attached hydrogen (secondary N) is 2. The lowest BCUT2D eigenvalue weighted by Crippen LogP contribution is -2.49. The predicted octanol–water partition coefficient (Wildman–Crippen LogP) is 3.25. The summed E-state index contributed by atoms with van der Waals surface area (Å²) in [6, 6.07) is 10.4. The number of amides is 2. The summed E-state index contributed by atoms with van der Waals surface area (Å²) in [6.07, 6.45) is 4.98. The molecule has 25 heavy (non-hydrogen) atoms. The maximum absolute atomic E-state index is 12.5. The van der Waals surface area contributed by atoms with E-state index in [1.807, 2.05) is 6.07 Å². The Balaban J connectivity index is 1.33. The van der Waals surface area contributed by atoms with Crippen molar-refractivity contribution >= 4 is 6.03 Å². The first kappa shape index (κ1) is 16.1. The fourth-order valence-corrected chi connectivity index (χ4v) is 3.94. The van der Waals surface area contributed by atoms with Gasteiger partial charge in [-0.05, 0) is 36.7 Å². The second-order valence-electron chi connectivity index (χ2n) is 7.27. The van der Waals surface area contributed by atoms with Crippen LogP contribution in [0.2, 0.25) is 0 Å². The summed E-state index contributed by atoms with van der Waals surface area (Å²) in [5.41, 5.74) is 0.883. The summed E-state index contributed by atoms with van der Waals surface area (Å²) in [7, 11) is 0. The molecule has 2 aliphatic rings. The van der Waals surface area contributed by atoms with Crippen LogP contribution in [0.15, 0.2) is 34.9 Å². The Morgan fingerprint density at radius 2 is 2.04 bits per heavy atom. The Bertz CT molecular complexity index is 737. The predicted molar refractivity (Wildman–Crippen MR) is 93.0 cm³/mol. The number of aryl methyl sites for hydroxylation is 1. The minimum absolute atomic E-state index is 0.136. The highest BCUT2D eigenvalue weighted by molar-refractivity contribution is 5.75. The summed E-state index contributed by atoms with van der Waals surface area (Å²) in [6.45, 7) is 2.47. The highest BCUT2D eigenvalue weighted by atomic mass is 16.5. The first-order valence-corrected chi connectivity index (χ1v) is 9.08. The molecule has 0 spiro atoms. The molecule has 1 heterocycles. The molecule has 2 saturated carbocycles. The molecule has 2 fully saturated rings. The molecule has 6 nitrogen and oxygen atoms in total. The normalized spacial score (nSPS) is 24.0. The van der Waals surface area contributed by atoms with Gasteiger partial charge in [-0.2, -0.15) is 4.98 Å². The molecule has 0 radical (unpaired) electrons. The number of aromatic nitrogens is 2. The largest absolute Gasteiger partial charge is 0.340 e. The standard InChI is InChI=1S/C19H24N4O2/c1-13-21-17(23-25-13)19(9-5-6-10-19)22-18(24)20-12-15-11-16(15)14-7-3-2-4-8-14/h2-4,7-8,15-16H,5-6,9-12H2,1H3,(H2,20,22,24)/t15-,16-/m0/s1. The zero-order valence-electron chi connectivity index (χ0n) is 14.5. The topological polar surface area (TPSA) is 80.0 Å². The average Bonchev–Trinajstić information content (AvgIpc) is 3.00. The third-order valence-corrected chi connectivity index (χ3v) is 5.44. The van der Waals surface area contributed by atoms with Crippen LogP contribution in [0.3, 0.4) is 0 Å². The van der Waals surface area contributed by atoms with Gasteiger partial charge in [-0.3, -0.25) is 0 Å². The summed E-state index contributed by atoms with van der Waals surface area (Å²) >= 11 is 0. The average molecular weight is 340 g/mol. The van der Waals surface area contributed by atoms with E-state index < -0.39 is 5.54 Å². The third-order valence-electron chi connectivity index (χ3n) is 5.44. The van der Waals surface area contributed by atoms with E-state index in [9.17, 15) is 4.79 Å². The van der Waals surface area contributed by atoms with E-state index in [2.05, 4.69) is 45.0 Å². The molecule has 6 heteroatoms. The number of carbonyl (C=O) groups excluding carboxylic acids is 1. The van der Waals surface area contributed by atoms with Gasteiger partial charge in [0.25, 0.3) is 0 Å². The maximum atomic E-state index is 12.5. The van der Waals surface area contributed by atoms with Crippen LogP contribution in [-0.4, -0.2) is 22.7 Å². The first-order valence-electron chi connectivity index (χ1n) is 9.08. The molecule has 2 N–H and O–H groups in total. The molecular weight excluding hydrogens is 316 g/mol. The van der Waals surface area contributed by atoms with Crippen LogP contribution in [0.1, 0.15) is 55.3 Å². The lowest BCUT2D eigenvalue weighted by atomic mass is 9.97. The summed E-state index contributed by atoms with van der Waals surface area (Å²) in [4.78, 5) is 16.8. The van der Waals surface area contributed by atoms with Crippen LogP contribution in [0, 0.1) is 12.8 Å². The van der Waals surface area contributed by atoms with Crippen LogP contribution in [-0.2, 0) is 5.54 Å². The van der Waals surface area contributed by atoms with E-state index in [1.165, 1.54) is 5.56 Å². The highest BCUT2D eigenvalue weighted by Crippen LogP contribution is 2.46. The fraction of sp³-hybridized carbons (Fsp3) is 0.526. The van der Waals surface area contributed by atoms with Crippen molar-refractivity contribution in [2.45, 2.75) is 50.5 Å². The van der Waals surface area contributed by atoms with Gasteiger partial charge >= 0.3 is 6.03 Å². The molecule has 0 saturated heterocycles. The molecule has 2 atom stereocenters. The minimum Gasteiger partial charge on any atom is -0.340 e. The number of hydrogen-bond acceptors (Lipinski definition) is 4. The van der Waals surface area contributed by atoms with Gasteiger partial charge in [0.15, 0.2) is 5.82 Å². The Morgan fingerprint density at radius 3 is 2.72 bits per heavy atom. The number of benzene rings is 1. The summed E-state index contributed by atoms with van der Waals surface area (Å²) < 4.78 is 5.12. The molecule has 132 valence electrons. The van der Waals surface area contributed by atoms with E-state index in [-0.39, 0.29) is 6.03 Å². The SMILES string of the molecule is Cc1nc(C2(NC(=O)NC[C@@H]3C[C@H]3c3ccccc3)CCCC2)no1. The lowest BCUT2D eigenvalue weighted by molar-refractivity contribution is 0.220. The van der Waals surface area contributed by atoms with E-state index in [1.54, 1.807) is 6.92 Å². The van der Waals surface area contributed by atoms with E-state index in [0.29, 0.717) is 30.1 Å². The van der Waals surface area contributed by atoms with Crippen molar-refractivity contribution in [1.82, 2.24) is 20.8 Å². The summed E-state index contributed by atoms with van der Waals surface area (Å²) in [5.74, 6) is 2.24. The molecule has 0 unspecified atom stereocenters. The molecule has 2 aromatic rings. The van der Waals surface area contributed by atoms with Crippen LogP contribution < -0.4 is 10.6 Å². The summed E-state index contributed by atoms with van der Waals surface area (Å²) in [5, 5.41) is 10.2. The van der Waals surface area contributed by atoms with Crippen molar-refractivity contribution in [3.63, 3.8) is 0 Å². The molecule has 0 bridgehead atoms. The van der Waals surface area contributed by atoms with Crippen LogP contribution in [0.5, 0.6) is 0 Å². The van der Waals surface area contributed by atoms with Gasteiger partial charge < -0.3 is 15.2 Å². The quantitative estimate of drug-likeness (QED) is 0.875. The van der Waals surface area contributed by atoms with Crippen molar-refractivity contribution in [3.8, 4) is 0 Å². The van der Waals surface area contributed by atoms with Gasteiger partial charge in [-0.1, -0.05) is 48.3 Å². The highest BCUT2D eigenvalue weighted by Gasteiger charge is 2.42. The van der Waals surface area contributed by atoms with Gasteiger partial charge in [0.1, 0.15) is 5.54 Å². The maximum Gasteiger partial charge on any atom is 0.315 e. The Hall–Kier alpha value is -2.37. The Morgan fingerprint density at radius 1 is 1.28 bits per heavy atom. The second kappa shape index (κ2) is 6.50. The zero-order chi connectivity index (χ0) is 17.3. The van der Waals surface area contributed by atoms with Crippen LogP contribution >= 0.6 is 0 Å². The first-order chi connectivity index (χ1) is 12.2. The molecule has 1 aromatic carbocycles. The van der Waals surface area contributed by atoms with Crippen molar-refractivity contribution in [2.75, 3.05) is 6.54 Å². The molecule has 2 amide bonds. The van der Waals surface area contributed by atoms with Crippen molar-refractivity contribution < 1.29 is 9.32 Å². The number of carbonyl (C=O) groups is 1. The minimum atomic E-state index is -0.482. The number of nitrogens with zero attached hydrogens (tertiary/aromatic N) is 2. The number of rotatable bonds is 5. The molecule has 2 aliphatic carbocycles. The van der Waals surface area contributed by atoms with Crippen LogP contribution in [0.4, 0.5) is 4.79 Å². The molecule has 4 rings (SSSR count). The van der Waals surface area contributed by atoms with Crippen LogP contribution in [0.25, 0.3) is 0 Å². The van der Waals surface area contributed by atoms with E-state index in [0.717, 1.165) is 32.1 Å². The van der Waals surface area contributed by atoms with Gasteiger partial charge in [-0.15, -0.1) is 0 Å². The number of urea groups is 1. The lowest BCUT2D eigenvalue weighted by Gasteiger charge is -2.26. The van der Waals surface area contributed by atoms with Crippen molar-refractivity contribution in [2.24, 2.45) is 5.92 Å². The molecular formula is C19H24N4O2. The third kappa shape index (κ3) is 3.38. The van der Waals surface area contributed by atoms with Crippen molar-refractivity contribution in [3.05, 3.63) is 47.6 Å². The van der Waals surface area contributed by atoms with Gasteiger partial charge in [0, 0.05) is 13.5 Å².